The van der Waals surface area contributed by atoms with Crippen LogP contribution in [0, 0.1) is 10.1 Å². The van der Waals surface area contributed by atoms with Gasteiger partial charge < -0.3 is 4.98 Å². The van der Waals surface area contributed by atoms with Crippen LogP contribution in [-0.2, 0) is 0 Å². The fourth-order valence-corrected chi connectivity index (χ4v) is 1.25. The Morgan fingerprint density at radius 3 is 2.56 bits per heavy atom. The molecule has 0 saturated carbocycles. The molecule has 0 atom stereocenters. The lowest BCUT2D eigenvalue weighted by Gasteiger charge is -1.93. The number of benzene rings is 1. The summed E-state index contributed by atoms with van der Waals surface area (Å²) in [6.45, 7) is 0. The normalized spacial score (nSPS) is 10.8. The molecule has 0 unspecified atom stereocenters. The molecule has 0 bridgehead atoms. The molecule has 0 amide bonds. The number of nitrogens with zero attached hydrogens (tertiary/aromatic N) is 2. The minimum absolute atomic E-state index is 0.0960. The van der Waals surface area contributed by atoms with Crippen molar-refractivity contribution in [2.75, 3.05) is 0 Å². The molecule has 2 rings (SSSR count). The molecule has 0 saturated heterocycles. The molecule has 0 aliphatic carbocycles. The Morgan fingerprint density at radius 1 is 1.25 bits per heavy atom. The molecule has 0 aliphatic rings. The second-order valence-electron chi connectivity index (χ2n) is 3.19. The summed E-state index contributed by atoms with van der Waals surface area (Å²) in [5.74, 6) is 0. The number of hydrogen-bond donors (Lipinski definition) is 1. The number of nitrogens with one attached hydrogen (secondary N) is 1. The SMILES string of the molecule is O=[N+]([O-])c1ccc(/C=C\c2cnc[nH]2)cc1. The zero-order chi connectivity index (χ0) is 11.4. The lowest BCUT2D eigenvalue weighted by molar-refractivity contribution is -0.384. The molecule has 0 fully saturated rings. The van der Waals surface area contributed by atoms with Crippen molar-refractivity contribution in [1.82, 2.24) is 9.97 Å². The van der Waals surface area contributed by atoms with Gasteiger partial charge in [-0.15, -0.1) is 0 Å². The number of hydrogen-bond acceptors (Lipinski definition) is 3. The van der Waals surface area contributed by atoms with Gasteiger partial charge in [0.15, 0.2) is 0 Å². The number of imidazole rings is 1. The van der Waals surface area contributed by atoms with E-state index in [-0.39, 0.29) is 5.69 Å². The average molecular weight is 215 g/mol. The van der Waals surface area contributed by atoms with Gasteiger partial charge >= 0.3 is 0 Å². The third-order valence-electron chi connectivity index (χ3n) is 2.08. The van der Waals surface area contributed by atoms with E-state index < -0.39 is 4.92 Å². The Morgan fingerprint density at radius 2 is 2.00 bits per heavy atom. The molecule has 1 aromatic heterocycles. The van der Waals surface area contributed by atoms with Crippen molar-refractivity contribution in [3.05, 3.63) is 58.2 Å². The Hall–Kier alpha value is -2.43. The van der Waals surface area contributed by atoms with Gasteiger partial charge in [-0.25, -0.2) is 4.98 Å². The topological polar surface area (TPSA) is 71.8 Å². The summed E-state index contributed by atoms with van der Waals surface area (Å²) in [6.07, 6.45) is 7.00. The van der Waals surface area contributed by atoms with Crippen LogP contribution in [0.2, 0.25) is 0 Å². The zero-order valence-corrected chi connectivity index (χ0v) is 8.33. The van der Waals surface area contributed by atoms with Crippen molar-refractivity contribution < 1.29 is 4.92 Å². The molecule has 1 aromatic carbocycles. The second-order valence-corrected chi connectivity index (χ2v) is 3.19. The molecule has 5 heteroatoms. The quantitative estimate of drug-likeness (QED) is 0.631. The highest BCUT2D eigenvalue weighted by atomic mass is 16.6. The van der Waals surface area contributed by atoms with Crippen LogP contribution in [0.5, 0.6) is 0 Å². The molecular weight excluding hydrogens is 206 g/mol. The number of H-pyrrole nitrogens is 1. The first-order valence-electron chi connectivity index (χ1n) is 4.66. The van der Waals surface area contributed by atoms with E-state index in [1.807, 2.05) is 12.2 Å². The Bertz CT molecular complexity index is 501. The Labute approximate surface area is 91.6 Å². The Balaban J connectivity index is 2.14. The molecule has 2 aromatic rings. The van der Waals surface area contributed by atoms with Crippen molar-refractivity contribution in [3.63, 3.8) is 0 Å². The largest absolute Gasteiger partial charge is 0.345 e. The molecule has 0 spiro atoms. The van der Waals surface area contributed by atoms with Gasteiger partial charge in [0, 0.05) is 12.1 Å². The fraction of sp³-hybridized carbons (Fsp3) is 0. The molecule has 80 valence electrons. The van der Waals surface area contributed by atoms with Crippen molar-refractivity contribution in [3.8, 4) is 0 Å². The van der Waals surface area contributed by atoms with Gasteiger partial charge in [-0.05, 0) is 23.8 Å². The van der Waals surface area contributed by atoms with E-state index in [1.54, 1.807) is 24.7 Å². The highest BCUT2D eigenvalue weighted by Gasteiger charge is 2.01. The third-order valence-corrected chi connectivity index (χ3v) is 2.08. The second kappa shape index (κ2) is 4.39. The third kappa shape index (κ3) is 2.33. The van der Waals surface area contributed by atoms with Gasteiger partial charge in [0.05, 0.1) is 23.1 Å². The lowest BCUT2D eigenvalue weighted by Crippen LogP contribution is -1.86. The monoisotopic (exact) mass is 215 g/mol. The first-order valence-corrected chi connectivity index (χ1v) is 4.66. The molecule has 5 nitrogen and oxygen atoms in total. The highest BCUT2D eigenvalue weighted by Crippen LogP contribution is 2.13. The van der Waals surface area contributed by atoms with E-state index in [2.05, 4.69) is 9.97 Å². The Kier molecular flexibility index (Phi) is 2.77. The van der Waals surface area contributed by atoms with Crippen molar-refractivity contribution in [2.24, 2.45) is 0 Å². The number of aromatic nitrogens is 2. The molecule has 1 heterocycles. The first kappa shape index (κ1) is 10.1. The van der Waals surface area contributed by atoms with E-state index in [4.69, 9.17) is 0 Å². The summed E-state index contributed by atoms with van der Waals surface area (Å²) < 4.78 is 0. The maximum absolute atomic E-state index is 10.4. The van der Waals surface area contributed by atoms with Gasteiger partial charge in [-0.3, -0.25) is 10.1 Å². The molecule has 0 aliphatic heterocycles. The van der Waals surface area contributed by atoms with Crippen LogP contribution in [0.1, 0.15) is 11.3 Å². The number of aromatic amines is 1. The van der Waals surface area contributed by atoms with E-state index in [9.17, 15) is 10.1 Å². The standard InChI is InChI=1S/C11H9N3O2/c15-14(16)11-5-2-9(3-6-11)1-4-10-7-12-8-13-10/h1-8H,(H,12,13)/b4-1-. The number of nitro groups is 1. The smallest absolute Gasteiger partial charge is 0.269 e. The number of non-ortho nitro benzene ring substituents is 1. The van der Waals surface area contributed by atoms with Crippen LogP contribution in [-0.4, -0.2) is 14.9 Å². The summed E-state index contributed by atoms with van der Waals surface area (Å²) in [4.78, 5) is 16.8. The fourth-order valence-electron chi connectivity index (χ4n) is 1.25. The zero-order valence-electron chi connectivity index (χ0n) is 8.33. The van der Waals surface area contributed by atoms with Crippen molar-refractivity contribution >= 4 is 17.8 Å². The molecule has 1 N–H and O–H groups in total. The van der Waals surface area contributed by atoms with Crippen LogP contribution in [0.25, 0.3) is 12.2 Å². The van der Waals surface area contributed by atoms with E-state index in [0.29, 0.717) is 0 Å². The predicted octanol–water partition coefficient (Wildman–Crippen LogP) is 2.49. The van der Waals surface area contributed by atoms with Gasteiger partial charge in [0.2, 0.25) is 0 Å². The van der Waals surface area contributed by atoms with Crippen LogP contribution in [0.3, 0.4) is 0 Å². The van der Waals surface area contributed by atoms with E-state index >= 15 is 0 Å². The van der Waals surface area contributed by atoms with Gasteiger partial charge in [0.1, 0.15) is 0 Å². The predicted molar refractivity (Wildman–Crippen MR) is 60.6 cm³/mol. The van der Waals surface area contributed by atoms with Gasteiger partial charge in [0.25, 0.3) is 5.69 Å². The number of nitro benzene ring substituents is 1. The van der Waals surface area contributed by atoms with Crippen LogP contribution < -0.4 is 0 Å². The minimum Gasteiger partial charge on any atom is -0.345 e. The maximum atomic E-state index is 10.4. The lowest BCUT2D eigenvalue weighted by atomic mass is 10.2. The summed E-state index contributed by atoms with van der Waals surface area (Å²) >= 11 is 0. The van der Waals surface area contributed by atoms with Crippen molar-refractivity contribution in [2.45, 2.75) is 0 Å². The molecule has 16 heavy (non-hydrogen) atoms. The van der Waals surface area contributed by atoms with Crippen LogP contribution in [0.4, 0.5) is 5.69 Å². The summed E-state index contributed by atoms with van der Waals surface area (Å²) in [5, 5.41) is 10.4. The van der Waals surface area contributed by atoms with E-state index in [0.717, 1.165) is 11.3 Å². The van der Waals surface area contributed by atoms with E-state index in [1.165, 1.54) is 12.1 Å². The summed E-state index contributed by atoms with van der Waals surface area (Å²) in [7, 11) is 0. The maximum Gasteiger partial charge on any atom is 0.269 e. The first-order chi connectivity index (χ1) is 7.75. The van der Waals surface area contributed by atoms with Crippen molar-refractivity contribution in [1.29, 1.82) is 0 Å². The molecule has 0 radical (unpaired) electrons. The summed E-state index contributed by atoms with van der Waals surface area (Å²) in [5.41, 5.74) is 1.89. The highest BCUT2D eigenvalue weighted by molar-refractivity contribution is 5.68. The average Bonchev–Trinajstić information content (AvgIpc) is 2.80. The summed E-state index contributed by atoms with van der Waals surface area (Å²) in [6, 6.07) is 6.36. The van der Waals surface area contributed by atoms with Gasteiger partial charge in [-0.2, -0.15) is 0 Å². The number of rotatable bonds is 3. The van der Waals surface area contributed by atoms with Crippen LogP contribution in [0.15, 0.2) is 36.8 Å². The molecular formula is C11H9N3O2. The van der Waals surface area contributed by atoms with Crippen LogP contribution >= 0.6 is 0 Å². The minimum atomic E-state index is -0.414. The van der Waals surface area contributed by atoms with Gasteiger partial charge in [-0.1, -0.05) is 6.08 Å².